The molecular weight excluding hydrogens is 452 g/mol. The fourth-order valence-electron chi connectivity index (χ4n) is 2.76. The Morgan fingerprint density at radius 1 is 1.16 bits per heavy atom. The molecule has 1 amide bonds. The van der Waals surface area contributed by atoms with Crippen LogP contribution in [0.4, 0.5) is 17.6 Å². The number of hydrogen-bond donors (Lipinski definition) is 2. The summed E-state index contributed by atoms with van der Waals surface area (Å²) < 4.78 is 53.5. The van der Waals surface area contributed by atoms with Crippen molar-refractivity contribution in [3.63, 3.8) is 0 Å². The average Bonchev–Trinajstić information content (AvgIpc) is 3.07. The maximum atomic E-state index is 14.4. The number of H-pyrrole nitrogens is 1. The van der Waals surface area contributed by atoms with Crippen LogP contribution in [-0.2, 0) is 17.5 Å². The van der Waals surface area contributed by atoms with Crippen LogP contribution >= 0.6 is 11.6 Å². The molecule has 170 valence electrons. The third-order valence-electron chi connectivity index (χ3n) is 4.57. The van der Waals surface area contributed by atoms with Crippen molar-refractivity contribution in [3.8, 4) is 17.1 Å². The van der Waals surface area contributed by atoms with E-state index in [1.54, 1.807) is 20.8 Å². The van der Waals surface area contributed by atoms with Crippen LogP contribution in [0.15, 0.2) is 41.2 Å². The average molecular weight is 471 g/mol. The number of rotatable bonds is 4. The van der Waals surface area contributed by atoms with Crippen molar-refractivity contribution in [2.45, 2.75) is 33.5 Å². The number of benzene rings is 2. The van der Waals surface area contributed by atoms with Gasteiger partial charge in [0, 0.05) is 23.1 Å². The molecule has 6 nitrogen and oxygen atoms in total. The molecule has 0 aliphatic heterocycles. The molecule has 0 aliphatic rings. The zero-order chi connectivity index (χ0) is 23.8. The molecular formula is C21H19ClF4N4O2. The molecule has 0 spiro atoms. The first-order valence-electron chi connectivity index (χ1n) is 9.41. The second-order valence-corrected chi connectivity index (χ2v) is 8.50. The smallest absolute Gasteiger partial charge is 0.351 e. The molecule has 1 heterocycles. The minimum atomic E-state index is -4.51. The summed E-state index contributed by atoms with van der Waals surface area (Å²) in [4.78, 5) is 26.9. The number of halogens is 5. The second kappa shape index (κ2) is 8.42. The van der Waals surface area contributed by atoms with Crippen LogP contribution in [0.25, 0.3) is 17.1 Å². The minimum absolute atomic E-state index is 0.0108. The molecule has 11 heteroatoms. The maximum absolute atomic E-state index is 14.4. The molecule has 2 aromatic carbocycles. The summed E-state index contributed by atoms with van der Waals surface area (Å²) in [7, 11) is 0. The van der Waals surface area contributed by atoms with Crippen LogP contribution in [0.1, 0.15) is 31.9 Å². The van der Waals surface area contributed by atoms with Gasteiger partial charge < -0.3 is 5.32 Å². The summed E-state index contributed by atoms with van der Waals surface area (Å²) in [5.41, 5.74) is -1.85. The summed E-state index contributed by atoms with van der Waals surface area (Å²) in [6.07, 6.45) is -4.51. The van der Waals surface area contributed by atoms with Gasteiger partial charge in [0.25, 0.3) is 0 Å². The van der Waals surface area contributed by atoms with Crippen LogP contribution in [0.5, 0.6) is 0 Å². The second-order valence-electron chi connectivity index (χ2n) is 8.09. The number of amides is 1. The van der Waals surface area contributed by atoms with Crippen molar-refractivity contribution >= 4 is 17.5 Å². The lowest BCUT2D eigenvalue weighted by atomic mass is 9.95. The first-order chi connectivity index (χ1) is 14.8. The van der Waals surface area contributed by atoms with Crippen LogP contribution in [-0.4, -0.2) is 20.7 Å². The fraction of sp³-hybridized carbons (Fsp3) is 0.286. The van der Waals surface area contributed by atoms with Crippen LogP contribution in [0, 0.1) is 11.2 Å². The van der Waals surface area contributed by atoms with E-state index in [4.69, 9.17) is 11.6 Å². The summed E-state index contributed by atoms with van der Waals surface area (Å²) >= 11 is 6.13. The van der Waals surface area contributed by atoms with E-state index in [9.17, 15) is 27.2 Å². The zero-order valence-electron chi connectivity index (χ0n) is 17.3. The van der Waals surface area contributed by atoms with Crippen molar-refractivity contribution in [2.75, 3.05) is 0 Å². The third kappa shape index (κ3) is 5.01. The molecule has 0 aliphatic carbocycles. The number of aromatic nitrogens is 3. The van der Waals surface area contributed by atoms with Crippen LogP contribution in [0.2, 0.25) is 5.02 Å². The third-order valence-corrected chi connectivity index (χ3v) is 4.88. The Labute approximate surface area is 185 Å². The van der Waals surface area contributed by atoms with Crippen molar-refractivity contribution in [2.24, 2.45) is 5.41 Å². The highest BCUT2D eigenvalue weighted by Gasteiger charge is 2.30. The predicted molar refractivity (Wildman–Crippen MR) is 111 cm³/mol. The molecule has 0 bridgehead atoms. The van der Waals surface area contributed by atoms with Gasteiger partial charge in [0.15, 0.2) is 5.82 Å². The Bertz CT molecular complexity index is 1210. The molecule has 0 unspecified atom stereocenters. The van der Waals surface area contributed by atoms with Gasteiger partial charge in [-0.3, -0.25) is 9.78 Å². The SMILES string of the molecule is CC(C)(C)C(=O)NCc1cc(-c2nn(-c3ccc(C(F)(F)F)cc3)c(=O)[nH]2)c(Cl)cc1F. The number of carbonyl (C=O) groups excluding carboxylic acids is 1. The minimum Gasteiger partial charge on any atom is -0.351 e. The van der Waals surface area contributed by atoms with Gasteiger partial charge in [0.1, 0.15) is 5.82 Å². The van der Waals surface area contributed by atoms with Gasteiger partial charge in [-0.15, -0.1) is 5.10 Å². The molecule has 0 saturated heterocycles. The summed E-state index contributed by atoms with van der Waals surface area (Å²) in [6, 6.07) is 6.25. The highest BCUT2D eigenvalue weighted by Crippen LogP contribution is 2.30. The molecule has 0 saturated carbocycles. The molecule has 32 heavy (non-hydrogen) atoms. The fourth-order valence-corrected chi connectivity index (χ4v) is 3.00. The van der Waals surface area contributed by atoms with E-state index in [1.807, 2.05) is 0 Å². The molecule has 2 N–H and O–H groups in total. The maximum Gasteiger partial charge on any atom is 0.416 e. The van der Waals surface area contributed by atoms with E-state index >= 15 is 0 Å². The Morgan fingerprint density at radius 2 is 1.78 bits per heavy atom. The number of nitrogens with one attached hydrogen (secondary N) is 2. The molecule has 1 aromatic heterocycles. The Hall–Kier alpha value is -3.14. The van der Waals surface area contributed by atoms with E-state index in [1.165, 1.54) is 6.07 Å². The van der Waals surface area contributed by atoms with Gasteiger partial charge in [-0.25, -0.2) is 9.18 Å². The van der Waals surface area contributed by atoms with Gasteiger partial charge >= 0.3 is 11.9 Å². The number of nitrogens with zero attached hydrogens (tertiary/aromatic N) is 2. The van der Waals surface area contributed by atoms with Gasteiger partial charge in [-0.2, -0.15) is 17.9 Å². The van der Waals surface area contributed by atoms with Crippen LogP contribution < -0.4 is 11.0 Å². The number of aromatic amines is 1. The standard InChI is InChI=1S/C21H19ClF4N4O2/c1-20(2,3)18(31)27-10-11-8-14(15(22)9-16(11)23)17-28-19(32)30(29-17)13-6-4-12(5-7-13)21(24,25)26/h4-9H,10H2,1-3H3,(H,27,31)(H,28,29,32). The Morgan fingerprint density at radius 3 is 2.34 bits per heavy atom. The van der Waals surface area contributed by atoms with E-state index in [0.717, 1.165) is 35.0 Å². The van der Waals surface area contributed by atoms with E-state index in [-0.39, 0.29) is 40.1 Å². The van der Waals surface area contributed by atoms with Crippen molar-refractivity contribution in [1.82, 2.24) is 20.1 Å². The van der Waals surface area contributed by atoms with E-state index in [0.29, 0.717) is 0 Å². The summed E-state index contributed by atoms with van der Waals surface area (Å²) in [5, 5.41) is 6.67. The number of carbonyl (C=O) groups is 1. The Balaban J connectivity index is 1.94. The van der Waals surface area contributed by atoms with Crippen molar-refractivity contribution in [3.05, 3.63) is 68.8 Å². The highest BCUT2D eigenvalue weighted by atomic mass is 35.5. The Kier molecular flexibility index (Phi) is 6.19. The molecule has 3 rings (SSSR count). The first-order valence-corrected chi connectivity index (χ1v) is 9.79. The molecule has 0 radical (unpaired) electrons. The predicted octanol–water partition coefficient (Wildman–Crippen LogP) is 4.70. The van der Waals surface area contributed by atoms with Gasteiger partial charge in [-0.05, 0) is 36.4 Å². The van der Waals surface area contributed by atoms with Crippen molar-refractivity contribution < 1.29 is 22.4 Å². The lowest BCUT2D eigenvalue weighted by Gasteiger charge is -2.18. The van der Waals surface area contributed by atoms with E-state index in [2.05, 4.69) is 15.4 Å². The lowest BCUT2D eigenvalue weighted by molar-refractivity contribution is -0.137. The van der Waals surface area contributed by atoms with Gasteiger partial charge in [-0.1, -0.05) is 32.4 Å². The van der Waals surface area contributed by atoms with Crippen molar-refractivity contribution in [1.29, 1.82) is 0 Å². The largest absolute Gasteiger partial charge is 0.416 e. The highest BCUT2D eigenvalue weighted by molar-refractivity contribution is 6.33. The monoisotopic (exact) mass is 470 g/mol. The number of hydrogen-bond acceptors (Lipinski definition) is 3. The quantitative estimate of drug-likeness (QED) is 0.542. The molecule has 3 aromatic rings. The summed E-state index contributed by atoms with van der Waals surface area (Å²) in [6.45, 7) is 5.02. The lowest BCUT2D eigenvalue weighted by Crippen LogP contribution is -2.34. The number of alkyl halides is 3. The summed E-state index contributed by atoms with van der Waals surface area (Å²) in [5.74, 6) is -0.950. The molecule has 0 atom stereocenters. The van der Waals surface area contributed by atoms with Gasteiger partial charge in [0.05, 0.1) is 16.3 Å². The van der Waals surface area contributed by atoms with Gasteiger partial charge in [0.2, 0.25) is 5.91 Å². The molecule has 0 fully saturated rings. The van der Waals surface area contributed by atoms with E-state index < -0.39 is 28.7 Å². The normalized spacial score (nSPS) is 12.1. The topological polar surface area (TPSA) is 79.8 Å². The first kappa shape index (κ1) is 23.5. The zero-order valence-corrected chi connectivity index (χ0v) is 18.0. The van der Waals surface area contributed by atoms with Crippen LogP contribution in [0.3, 0.4) is 0 Å².